The molecule has 0 saturated heterocycles. The van der Waals surface area contributed by atoms with Crippen LogP contribution in [-0.2, 0) is 6.42 Å². The molecule has 1 aromatic rings. The number of methoxy groups -OCH3 is 1. The van der Waals surface area contributed by atoms with Crippen LogP contribution in [0.4, 0.5) is 0 Å². The third kappa shape index (κ3) is 3.53. The van der Waals surface area contributed by atoms with Gasteiger partial charge in [-0.3, -0.25) is 0 Å². The van der Waals surface area contributed by atoms with Crippen molar-refractivity contribution < 1.29 is 4.74 Å². The Hall–Kier alpha value is -1.02. The van der Waals surface area contributed by atoms with Gasteiger partial charge in [-0.25, -0.2) is 0 Å². The first-order chi connectivity index (χ1) is 7.71. The minimum Gasteiger partial charge on any atom is -0.497 e. The van der Waals surface area contributed by atoms with Crippen LogP contribution in [0.15, 0.2) is 24.3 Å². The summed E-state index contributed by atoms with van der Waals surface area (Å²) >= 11 is 0. The van der Waals surface area contributed by atoms with E-state index in [9.17, 15) is 0 Å². The van der Waals surface area contributed by atoms with Crippen LogP contribution in [0.25, 0.3) is 0 Å². The summed E-state index contributed by atoms with van der Waals surface area (Å²) in [6, 6.07) is 8.93. The maximum atomic E-state index is 5.23. The van der Waals surface area contributed by atoms with E-state index in [0.29, 0.717) is 12.0 Å². The zero-order valence-corrected chi connectivity index (χ0v) is 10.8. The van der Waals surface area contributed by atoms with E-state index in [1.165, 1.54) is 12.0 Å². The lowest BCUT2D eigenvalue weighted by molar-refractivity contribution is 0.384. The third-order valence-corrected chi connectivity index (χ3v) is 3.19. The molecule has 2 nitrogen and oxygen atoms in total. The molecule has 0 spiro atoms. The summed E-state index contributed by atoms with van der Waals surface area (Å²) in [5, 5.41) is 3.37. The van der Waals surface area contributed by atoms with Crippen LogP contribution in [0.1, 0.15) is 25.8 Å². The normalized spacial score (nSPS) is 14.5. The van der Waals surface area contributed by atoms with Gasteiger partial charge in [0.15, 0.2) is 0 Å². The highest BCUT2D eigenvalue weighted by molar-refractivity contribution is 5.28. The molecule has 1 rings (SSSR count). The molecular weight excluding hydrogens is 198 g/mol. The lowest BCUT2D eigenvalue weighted by Crippen LogP contribution is -2.32. The minimum absolute atomic E-state index is 0.589. The second-order valence-electron chi connectivity index (χ2n) is 4.34. The summed E-state index contributed by atoms with van der Waals surface area (Å²) in [6.45, 7) is 4.52. The standard InChI is InChI=1S/C14H23NO/c1-5-14(15-3)11(2)9-12-7-6-8-13(10-12)16-4/h6-8,10-11,14-15H,5,9H2,1-4H3. The van der Waals surface area contributed by atoms with Crippen LogP contribution in [0, 0.1) is 5.92 Å². The topological polar surface area (TPSA) is 21.3 Å². The molecule has 0 bridgehead atoms. The molecule has 0 radical (unpaired) electrons. The predicted molar refractivity (Wildman–Crippen MR) is 69.0 cm³/mol. The first-order valence-corrected chi connectivity index (χ1v) is 6.01. The van der Waals surface area contributed by atoms with E-state index in [1.807, 2.05) is 13.1 Å². The Morgan fingerprint density at radius 1 is 1.38 bits per heavy atom. The van der Waals surface area contributed by atoms with Gasteiger partial charge in [0.25, 0.3) is 0 Å². The minimum atomic E-state index is 0.589. The molecular formula is C14H23NO. The van der Waals surface area contributed by atoms with Gasteiger partial charge in [-0.15, -0.1) is 0 Å². The van der Waals surface area contributed by atoms with E-state index in [0.717, 1.165) is 12.2 Å². The van der Waals surface area contributed by atoms with Crippen molar-refractivity contribution in [3.05, 3.63) is 29.8 Å². The Balaban J connectivity index is 2.64. The number of hydrogen-bond acceptors (Lipinski definition) is 2. The van der Waals surface area contributed by atoms with Crippen molar-refractivity contribution in [3.63, 3.8) is 0 Å². The lowest BCUT2D eigenvalue weighted by Gasteiger charge is -2.22. The molecule has 1 aromatic carbocycles. The van der Waals surface area contributed by atoms with E-state index in [2.05, 4.69) is 37.4 Å². The van der Waals surface area contributed by atoms with E-state index < -0.39 is 0 Å². The van der Waals surface area contributed by atoms with E-state index in [1.54, 1.807) is 7.11 Å². The largest absolute Gasteiger partial charge is 0.497 e. The van der Waals surface area contributed by atoms with Crippen LogP contribution in [0.2, 0.25) is 0 Å². The highest BCUT2D eigenvalue weighted by Crippen LogP contribution is 2.18. The maximum Gasteiger partial charge on any atom is 0.119 e. The van der Waals surface area contributed by atoms with Crippen molar-refractivity contribution >= 4 is 0 Å². The molecule has 0 amide bonds. The fourth-order valence-corrected chi connectivity index (χ4v) is 2.20. The summed E-state index contributed by atoms with van der Waals surface area (Å²) in [6.07, 6.45) is 2.26. The zero-order valence-electron chi connectivity index (χ0n) is 10.8. The Morgan fingerprint density at radius 2 is 2.12 bits per heavy atom. The van der Waals surface area contributed by atoms with Crippen molar-refractivity contribution in [1.29, 1.82) is 0 Å². The first-order valence-electron chi connectivity index (χ1n) is 6.01. The number of ether oxygens (including phenoxy) is 1. The highest BCUT2D eigenvalue weighted by atomic mass is 16.5. The van der Waals surface area contributed by atoms with Crippen LogP contribution in [0.3, 0.4) is 0 Å². The van der Waals surface area contributed by atoms with Crippen molar-refractivity contribution in [2.75, 3.05) is 14.2 Å². The van der Waals surface area contributed by atoms with Gasteiger partial charge in [0.1, 0.15) is 5.75 Å². The summed E-state index contributed by atoms with van der Waals surface area (Å²) in [5.41, 5.74) is 1.35. The van der Waals surface area contributed by atoms with Gasteiger partial charge < -0.3 is 10.1 Å². The Morgan fingerprint density at radius 3 is 2.69 bits per heavy atom. The lowest BCUT2D eigenvalue weighted by atomic mass is 9.92. The molecule has 0 aliphatic carbocycles. The molecule has 1 N–H and O–H groups in total. The number of nitrogens with one attached hydrogen (secondary N) is 1. The summed E-state index contributed by atoms with van der Waals surface area (Å²) in [7, 11) is 3.75. The van der Waals surface area contributed by atoms with Gasteiger partial charge in [0.05, 0.1) is 7.11 Å². The molecule has 0 saturated carbocycles. The Labute approximate surface area is 99.0 Å². The molecule has 2 heteroatoms. The second-order valence-corrected chi connectivity index (χ2v) is 4.34. The first kappa shape index (κ1) is 13.0. The molecule has 90 valence electrons. The van der Waals surface area contributed by atoms with Crippen molar-refractivity contribution in [2.24, 2.45) is 5.92 Å². The number of rotatable bonds is 6. The zero-order chi connectivity index (χ0) is 12.0. The molecule has 2 unspecified atom stereocenters. The second kappa shape index (κ2) is 6.54. The molecule has 2 atom stereocenters. The Kier molecular flexibility index (Phi) is 5.33. The smallest absolute Gasteiger partial charge is 0.119 e. The molecule has 0 aromatic heterocycles. The fourth-order valence-electron chi connectivity index (χ4n) is 2.20. The van der Waals surface area contributed by atoms with Crippen LogP contribution < -0.4 is 10.1 Å². The van der Waals surface area contributed by atoms with Crippen molar-refractivity contribution in [1.82, 2.24) is 5.32 Å². The molecule has 0 heterocycles. The van der Waals surface area contributed by atoms with Gasteiger partial charge in [0, 0.05) is 6.04 Å². The number of hydrogen-bond donors (Lipinski definition) is 1. The van der Waals surface area contributed by atoms with Gasteiger partial charge in [0.2, 0.25) is 0 Å². The maximum absolute atomic E-state index is 5.23. The Bertz CT molecular complexity index is 307. The van der Waals surface area contributed by atoms with Crippen LogP contribution >= 0.6 is 0 Å². The predicted octanol–water partition coefficient (Wildman–Crippen LogP) is 2.87. The average Bonchev–Trinajstić information content (AvgIpc) is 2.31. The quantitative estimate of drug-likeness (QED) is 0.797. The average molecular weight is 221 g/mol. The van der Waals surface area contributed by atoms with Gasteiger partial charge in [-0.1, -0.05) is 26.0 Å². The van der Waals surface area contributed by atoms with Gasteiger partial charge in [-0.05, 0) is 43.5 Å². The van der Waals surface area contributed by atoms with Crippen LogP contribution in [-0.4, -0.2) is 20.2 Å². The van der Waals surface area contributed by atoms with E-state index in [4.69, 9.17) is 4.74 Å². The van der Waals surface area contributed by atoms with Gasteiger partial charge >= 0.3 is 0 Å². The van der Waals surface area contributed by atoms with E-state index >= 15 is 0 Å². The van der Waals surface area contributed by atoms with Crippen molar-refractivity contribution in [3.8, 4) is 5.75 Å². The van der Waals surface area contributed by atoms with Crippen molar-refractivity contribution in [2.45, 2.75) is 32.7 Å². The summed E-state index contributed by atoms with van der Waals surface area (Å²) in [4.78, 5) is 0. The molecule has 0 aliphatic heterocycles. The van der Waals surface area contributed by atoms with E-state index in [-0.39, 0.29) is 0 Å². The van der Waals surface area contributed by atoms with Gasteiger partial charge in [-0.2, -0.15) is 0 Å². The summed E-state index contributed by atoms with van der Waals surface area (Å²) < 4.78 is 5.23. The third-order valence-electron chi connectivity index (χ3n) is 3.19. The molecule has 0 aliphatic rings. The molecule has 0 fully saturated rings. The summed E-state index contributed by atoms with van der Waals surface area (Å²) in [5.74, 6) is 1.59. The van der Waals surface area contributed by atoms with Crippen LogP contribution in [0.5, 0.6) is 5.75 Å². The number of benzene rings is 1. The highest BCUT2D eigenvalue weighted by Gasteiger charge is 2.13. The molecule has 16 heavy (non-hydrogen) atoms. The SMILES string of the molecule is CCC(NC)C(C)Cc1cccc(OC)c1. The fraction of sp³-hybridized carbons (Fsp3) is 0.571. The monoisotopic (exact) mass is 221 g/mol.